The molecule has 3 aromatic carbocycles. The summed E-state index contributed by atoms with van der Waals surface area (Å²) >= 11 is 0. The van der Waals surface area contributed by atoms with Crippen LogP contribution in [0, 0.1) is 40.9 Å². The molecule has 1 spiro atoms. The van der Waals surface area contributed by atoms with E-state index in [1.165, 1.54) is 0 Å². The van der Waals surface area contributed by atoms with Gasteiger partial charge in [0.1, 0.15) is 24.6 Å². The Morgan fingerprint density at radius 1 is 0.963 bits per heavy atom. The molecule has 0 unspecified atom stereocenters. The number of ether oxygens (including phenoxy) is 1. The van der Waals surface area contributed by atoms with Crippen LogP contribution in [-0.4, -0.2) is 105 Å². The highest BCUT2D eigenvalue weighted by Crippen LogP contribution is 2.68. The van der Waals surface area contributed by atoms with Crippen molar-refractivity contribution in [1.82, 2.24) is 10.6 Å². The third-order valence-electron chi connectivity index (χ3n) is 18.7. The number of aliphatic imine (C=N–C) groups is 1. The van der Waals surface area contributed by atoms with Crippen molar-refractivity contribution in [2.24, 2.45) is 51.3 Å². The first-order chi connectivity index (χ1) is 38.4. The van der Waals surface area contributed by atoms with Crippen LogP contribution in [0.15, 0.2) is 130 Å². The minimum Gasteiger partial charge on any atom is -0.508 e. The maximum absolute atomic E-state index is 15.3. The lowest BCUT2D eigenvalue weighted by Gasteiger charge is -2.57. The van der Waals surface area contributed by atoms with Gasteiger partial charge in [0.05, 0.1) is 36.6 Å². The van der Waals surface area contributed by atoms with E-state index in [1.807, 2.05) is 74.5 Å². The summed E-state index contributed by atoms with van der Waals surface area (Å²) in [6, 6.07) is 19.1. The molecule has 0 saturated heterocycles. The number of rotatable bonds is 5. The second kappa shape index (κ2) is 25.3. The van der Waals surface area contributed by atoms with Crippen LogP contribution in [0.1, 0.15) is 130 Å². The number of fused-ring (bicyclic) bond motifs is 4. The molecule has 3 aliphatic carbocycles. The van der Waals surface area contributed by atoms with E-state index in [0.29, 0.717) is 92.0 Å². The molecule has 3 saturated carbocycles. The van der Waals surface area contributed by atoms with E-state index >= 15 is 4.79 Å². The first-order valence-electron chi connectivity index (χ1n) is 28.6. The Bertz CT molecular complexity index is 3000. The van der Waals surface area contributed by atoms with Crippen LogP contribution in [0.5, 0.6) is 5.75 Å². The standard InChI is InChI=1S/C65H82N6O9/c1-38-10-4-5-29-80-37-46(15-6-11-39(2)54(74)25-18-38)57-45-16-9-27-64(79)28-26-49-40(3)55(75)33-44-14-8-17-50-58(44)59(62(78)71-61(50)66)69-36-56(76)51(52(35-70-63(67)68)43-19-21-47(72)22-20-43)32-42-13-7-12-41(30-42)31-48(73)23-24-53(49)65(64,34-45)60(57)77/h6-8,11-15,17-22,30,45,48,51-54,56-57,59-61,69,72-74,76-77,79H,2,9-10,16,23-29,31-37,66H2,1,3H3,(H,71,78)(H4,67,68,70)/b11-6+,38-18+,46-15-,49-40+/t45-,48-,51+,52-,53-,54-,56-,57-,59-,60-,61+,64-,65-/m1/s1. The lowest BCUT2D eigenvalue weighted by atomic mass is 9.51. The Hall–Kier alpha value is -6.19. The lowest BCUT2D eigenvalue weighted by Crippen LogP contribution is -2.61. The molecule has 14 N–H and O–H groups in total. The molecular formula is C65H82N6O9. The number of guanidine groups is 1. The van der Waals surface area contributed by atoms with Crippen molar-refractivity contribution in [2.75, 3.05) is 26.3 Å². The van der Waals surface area contributed by atoms with E-state index in [4.69, 9.17) is 21.9 Å². The number of nitrogens with two attached hydrogens (primary N) is 3. The van der Waals surface area contributed by atoms with Crippen LogP contribution in [0.3, 0.4) is 0 Å². The van der Waals surface area contributed by atoms with Gasteiger partial charge in [-0.25, -0.2) is 0 Å². The summed E-state index contributed by atoms with van der Waals surface area (Å²) < 4.78 is 6.28. The van der Waals surface area contributed by atoms with Crippen molar-refractivity contribution in [3.63, 3.8) is 0 Å². The summed E-state index contributed by atoms with van der Waals surface area (Å²) in [7, 11) is 0. The van der Waals surface area contributed by atoms with Crippen molar-refractivity contribution < 1.29 is 45.0 Å². The lowest BCUT2D eigenvalue weighted by molar-refractivity contribution is -0.181. The molecule has 13 atom stereocenters. The Balaban J connectivity index is 1.13. The number of benzene rings is 3. The number of aliphatic hydroxyl groups excluding tert-OH is 4. The van der Waals surface area contributed by atoms with E-state index in [-0.39, 0.29) is 56.1 Å². The van der Waals surface area contributed by atoms with Gasteiger partial charge in [-0.3, -0.25) is 19.9 Å². The van der Waals surface area contributed by atoms with Gasteiger partial charge in [-0.2, -0.15) is 0 Å². The minimum absolute atomic E-state index is 0.0498. The number of ketones is 1. The van der Waals surface area contributed by atoms with Gasteiger partial charge in [0.2, 0.25) is 5.91 Å². The minimum atomic E-state index is -1.30. The highest BCUT2D eigenvalue weighted by Gasteiger charge is 2.69. The zero-order valence-corrected chi connectivity index (χ0v) is 46.3. The molecule has 1 amide bonds. The Morgan fingerprint density at radius 2 is 1.73 bits per heavy atom. The fourth-order valence-electron chi connectivity index (χ4n) is 14.6. The summed E-state index contributed by atoms with van der Waals surface area (Å²) in [5.41, 5.74) is 24.2. The zero-order chi connectivity index (χ0) is 56.9. The monoisotopic (exact) mass is 1090 g/mol. The number of carbonyl (C=O) groups is 2. The van der Waals surface area contributed by atoms with E-state index < -0.39 is 77.2 Å². The molecule has 3 heterocycles. The number of aromatic hydroxyl groups is 1. The van der Waals surface area contributed by atoms with Gasteiger partial charge in [-0.1, -0.05) is 115 Å². The maximum Gasteiger partial charge on any atom is 0.243 e. The number of amides is 1. The molecule has 80 heavy (non-hydrogen) atoms. The maximum atomic E-state index is 15.3. The number of Topliss-reactive ketones (excluding diaryl/α,β-unsaturated/α-hetero) is 1. The summed E-state index contributed by atoms with van der Waals surface area (Å²) in [5.74, 6) is 3.68. The topological polar surface area (TPSA) is 279 Å². The quantitative estimate of drug-likeness (QED) is 0.0608. The molecule has 3 fully saturated rings. The molecule has 6 aliphatic rings. The smallest absolute Gasteiger partial charge is 0.243 e. The Kier molecular flexibility index (Phi) is 18.5. The molecule has 9 rings (SSSR count). The third-order valence-corrected chi connectivity index (χ3v) is 18.7. The number of aliphatic hydroxyl groups is 5. The normalized spacial score (nSPS) is 34.9. The number of hydrogen-bond acceptors (Lipinski definition) is 12. The molecule has 3 aromatic rings. The van der Waals surface area contributed by atoms with Gasteiger partial charge in [0.25, 0.3) is 0 Å². The first kappa shape index (κ1) is 58.5. The molecule has 15 heteroatoms. The van der Waals surface area contributed by atoms with Gasteiger partial charge in [0.15, 0.2) is 11.7 Å². The van der Waals surface area contributed by atoms with E-state index in [9.17, 15) is 35.4 Å². The van der Waals surface area contributed by atoms with Gasteiger partial charge >= 0.3 is 0 Å². The number of phenolic OH excluding ortho intramolecular Hbond substituents is 1. The zero-order valence-electron chi connectivity index (χ0n) is 46.3. The van der Waals surface area contributed by atoms with E-state index in [0.717, 1.165) is 46.3 Å². The second-order valence-electron chi connectivity index (χ2n) is 23.6. The number of allylic oxidation sites excluding steroid dienone is 5. The molecule has 426 valence electrons. The average Bonchev–Trinajstić information content (AvgIpc) is 3.65. The molecular weight excluding hydrogens is 1010 g/mol. The Morgan fingerprint density at radius 3 is 2.50 bits per heavy atom. The van der Waals surface area contributed by atoms with Crippen LogP contribution >= 0.6 is 0 Å². The van der Waals surface area contributed by atoms with Crippen molar-refractivity contribution >= 4 is 17.6 Å². The highest BCUT2D eigenvalue weighted by molar-refractivity contribution is 5.98. The van der Waals surface area contributed by atoms with Crippen LogP contribution in [-0.2, 0) is 33.6 Å². The van der Waals surface area contributed by atoms with E-state index in [2.05, 4.69) is 34.0 Å². The molecule has 4 bridgehead atoms. The number of nitrogens with one attached hydrogen (secondary N) is 2. The number of carbonyl (C=O) groups excluding carboxylic acids is 2. The summed E-state index contributed by atoms with van der Waals surface area (Å²) in [4.78, 5) is 33.9. The van der Waals surface area contributed by atoms with Gasteiger partial charge in [-0.15, -0.1) is 0 Å². The molecule has 0 radical (unpaired) electrons. The van der Waals surface area contributed by atoms with Gasteiger partial charge in [0, 0.05) is 43.2 Å². The number of phenols is 1. The highest BCUT2D eigenvalue weighted by atomic mass is 16.5. The largest absolute Gasteiger partial charge is 0.508 e. The van der Waals surface area contributed by atoms with Crippen molar-refractivity contribution in [3.8, 4) is 17.6 Å². The van der Waals surface area contributed by atoms with Crippen LogP contribution in [0.2, 0.25) is 0 Å². The second-order valence-corrected chi connectivity index (χ2v) is 23.6. The van der Waals surface area contributed by atoms with E-state index in [1.54, 1.807) is 30.3 Å². The van der Waals surface area contributed by atoms with Gasteiger partial charge < -0.3 is 57.9 Å². The number of hydrogen-bond donors (Lipinski definition) is 11. The predicted octanol–water partition coefficient (Wildman–Crippen LogP) is 5.98. The van der Waals surface area contributed by atoms with Crippen LogP contribution in [0.25, 0.3) is 0 Å². The number of β-amino-alcohol motifs (C(OH)–C–C–N with tert-alkyl or cyclic N) is 1. The van der Waals surface area contributed by atoms with Crippen molar-refractivity contribution in [1.29, 1.82) is 0 Å². The average molecular weight is 1090 g/mol. The van der Waals surface area contributed by atoms with Crippen molar-refractivity contribution in [3.05, 3.63) is 159 Å². The number of nitrogens with zero attached hydrogens (tertiary/aromatic N) is 1. The van der Waals surface area contributed by atoms with Crippen LogP contribution < -0.4 is 27.8 Å². The van der Waals surface area contributed by atoms with Crippen molar-refractivity contribution in [2.45, 2.75) is 145 Å². The molecule has 3 aliphatic heterocycles. The predicted molar refractivity (Wildman–Crippen MR) is 309 cm³/mol. The first-order valence-corrected chi connectivity index (χ1v) is 28.6. The molecule has 0 aromatic heterocycles. The summed E-state index contributed by atoms with van der Waals surface area (Å²) in [6.45, 7) is 8.41. The Labute approximate surface area is 470 Å². The SMILES string of the molecule is C=C1/C=C/C=C(\[C@H]2[C@@H]3CCC[C@@]4(O)CC/C5=C(/C)C(=O)Cc6cccc7c6[C@@H](NC[C@@H](O)[C@H]([C@H](CN=C(N)N)c6ccc(O)cc6)Cc6cccc(c6)C[C@H](O)CC[C@H]5[C@]4(C3)[C@@H]2O)C(=O)N[C@@H]7N)COCC#CC/C(C)=C/C[C@H]1O. The summed E-state index contributed by atoms with van der Waals surface area (Å²) in [6.07, 6.45) is 8.39. The fraction of sp³-hybridized carbons (Fsp3) is 0.492. The molecule has 15 nitrogen and oxygen atoms in total. The fourth-order valence-corrected chi connectivity index (χ4v) is 14.6. The van der Waals surface area contributed by atoms with Gasteiger partial charge in [-0.05, 0) is 158 Å². The van der Waals surface area contributed by atoms with Crippen LogP contribution in [0.4, 0.5) is 0 Å². The summed E-state index contributed by atoms with van der Waals surface area (Å²) in [5, 5.41) is 79.1. The third kappa shape index (κ3) is 12.5.